The molecular weight excluding hydrogens is 417 g/mol. The molecular formula is C27H26FN3O2. The number of amides is 2. The Bertz CT molecular complexity index is 1260. The molecule has 2 N–H and O–H groups in total. The lowest BCUT2D eigenvalue weighted by molar-refractivity contribution is 0.101. The van der Waals surface area contributed by atoms with E-state index >= 15 is 0 Å². The molecule has 0 aliphatic heterocycles. The number of fused-ring (bicyclic) bond motifs is 1. The van der Waals surface area contributed by atoms with Crippen LogP contribution in [0.5, 0.6) is 0 Å². The van der Waals surface area contributed by atoms with Gasteiger partial charge in [0.15, 0.2) is 0 Å². The van der Waals surface area contributed by atoms with Crippen molar-refractivity contribution in [3.8, 4) is 22.4 Å². The second-order valence-electron chi connectivity index (χ2n) is 7.74. The van der Waals surface area contributed by atoms with Crippen molar-refractivity contribution in [1.82, 2.24) is 10.3 Å². The molecule has 1 heterocycles. The molecule has 4 rings (SSSR count). The van der Waals surface area contributed by atoms with Crippen molar-refractivity contribution in [3.63, 3.8) is 0 Å². The summed E-state index contributed by atoms with van der Waals surface area (Å²) < 4.78 is 20.0. The molecule has 0 spiro atoms. The largest absolute Gasteiger partial charge is 0.380 e. The predicted molar refractivity (Wildman–Crippen MR) is 131 cm³/mol. The molecule has 1 unspecified atom stereocenters. The fourth-order valence-electron chi connectivity index (χ4n) is 3.73. The molecule has 6 heteroatoms. The summed E-state index contributed by atoms with van der Waals surface area (Å²) >= 11 is 0. The van der Waals surface area contributed by atoms with Gasteiger partial charge in [0.05, 0.1) is 17.3 Å². The molecule has 0 aliphatic rings. The number of carbonyl (C=O) groups is 1. The molecule has 3 aromatic carbocycles. The van der Waals surface area contributed by atoms with Crippen LogP contribution in [0.4, 0.5) is 14.9 Å². The van der Waals surface area contributed by atoms with Gasteiger partial charge in [0.1, 0.15) is 5.82 Å². The molecule has 2 amide bonds. The number of hydrogen-bond donors (Lipinski definition) is 2. The summed E-state index contributed by atoms with van der Waals surface area (Å²) in [7, 11) is 1.63. The highest BCUT2D eigenvalue weighted by atomic mass is 19.1. The SMILES string of the molecule is CCC(CNC(=O)Nc1ccc2nc(-c3ccccc3)c(-c3ccccc3F)cc2c1)OC. The molecule has 0 bridgehead atoms. The van der Waals surface area contributed by atoms with E-state index in [9.17, 15) is 9.18 Å². The average molecular weight is 444 g/mol. The number of anilines is 1. The number of benzene rings is 3. The van der Waals surface area contributed by atoms with E-state index in [1.54, 1.807) is 25.3 Å². The molecule has 0 saturated heterocycles. The van der Waals surface area contributed by atoms with Gasteiger partial charge in [-0.25, -0.2) is 14.2 Å². The summed E-state index contributed by atoms with van der Waals surface area (Å²) in [5.41, 5.74) is 4.16. The van der Waals surface area contributed by atoms with Crippen molar-refractivity contribution in [3.05, 3.63) is 84.7 Å². The maximum atomic E-state index is 14.7. The summed E-state index contributed by atoms with van der Waals surface area (Å²) in [6.45, 7) is 2.42. The van der Waals surface area contributed by atoms with Gasteiger partial charge in [-0.1, -0.05) is 55.5 Å². The third-order valence-corrected chi connectivity index (χ3v) is 5.56. The molecule has 0 aliphatic carbocycles. The number of urea groups is 1. The van der Waals surface area contributed by atoms with Gasteiger partial charge in [-0.05, 0) is 36.8 Å². The Morgan fingerprint density at radius 2 is 1.76 bits per heavy atom. The van der Waals surface area contributed by atoms with E-state index in [0.29, 0.717) is 29.1 Å². The third-order valence-electron chi connectivity index (χ3n) is 5.56. The number of rotatable bonds is 7. The van der Waals surface area contributed by atoms with Gasteiger partial charge in [-0.2, -0.15) is 0 Å². The maximum Gasteiger partial charge on any atom is 0.319 e. The van der Waals surface area contributed by atoms with Crippen LogP contribution in [0.15, 0.2) is 78.9 Å². The first kappa shape index (κ1) is 22.4. The fraction of sp³-hybridized carbons (Fsp3) is 0.185. The van der Waals surface area contributed by atoms with Gasteiger partial charge in [0, 0.05) is 41.4 Å². The van der Waals surface area contributed by atoms with Crippen LogP contribution in [0.1, 0.15) is 13.3 Å². The Labute approximate surface area is 192 Å². The van der Waals surface area contributed by atoms with E-state index in [1.165, 1.54) is 6.07 Å². The summed E-state index contributed by atoms with van der Waals surface area (Å²) in [5, 5.41) is 6.46. The lowest BCUT2D eigenvalue weighted by Gasteiger charge is -2.15. The minimum Gasteiger partial charge on any atom is -0.380 e. The van der Waals surface area contributed by atoms with Crippen molar-refractivity contribution >= 4 is 22.6 Å². The van der Waals surface area contributed by atoms with Gasteiger partial charge in [0.2, 0.25) is 0 Å². The monoisotopic (exact) mass is 443 g/mol. The van der Waals surface area contributed by atoms with E-state index in [0.717, 1.165) is 22.9 Å². The van der Waals surface area contributed by atoms with Crippen LogP contribution < -0.4 is 10.6 Å². The Morgan fingerprint density at radius 1 is 1.00 bits per heavy atom. The zero-order valence-electron chi connectivity index (χ0n) is 18.6. The summed E-state index contributed by atoms with van der Waals surface area (Å²) in [6.07, 6.45) is 0.775. The van der Waals surface area contributed by atoms with Gasteiger partial charge in [-0.3, -0.25) is 0 Å². The van der Waals surface area contributed by atoms with E-state index in [-0.39, 0.29) is 18.0 Å². The fourth-order valence-corrected chi connectivity index (χ4v) is 3.73. The van der Waals surface area contributed by atoms with E-state index in [4.69, 9.17) is 9.72 Å². The molecule has 0 saturated carbocycles. The minimum atomic E-state index is -0.312. The van der Waals surface area contributed by atoms with Crippen molar-refractivity contribution in [2.75, 3.05) is 19.0 Å². The normalized spacial score (nSPS) is 11.8. The number of hydrogen-bond acceptors (Lipinski definition) is 3. The second kappa shape index (κ2) is 10.2. The number of pyridine rings is 1. The van der Waals surface area contributed by atoms with Gasteiger partial charge in [-0.15, -0.1) is 0 Å². The molecule has 1 aromatic heterocycles. The zero-order chi connectivity index (χ0) is 23.2. The third kappa shape index (κ3) is 5.18. The quantitative estimate of drug-likeness (QED) is 0.355. The van der Waals surface area contributed by atoms with Crippen LogP contribution in [-0.2, 0) is 4.74 Å². The first-order chi connectivity index (χ1) is 16.1. The van der Waals surface area contributed by atoms with Gasteiger partial charge >= 0.3 is 6.03 Å². The molecule has 4 aromatic rings. The number of aromatic nitrogens is 1. The van der Waals surface area contributed by atoms with Gasteiger partial charge < -0.3 is 15.4 Å². The standard InChI is InChI=1S/C27H26FN3O2/c1-3-21(33-2)17-29-27(32)30-20-13-14-25-19(15-20)16-23(22-11-7-8-12-24(22)28)26(31-25)18-9-5-4-6-10-18/h4-16,21H,3,17H2,1-2H3,(H2,29,30,32). The van der Waals surface area contributed by atoms with Crippen LogP contribution in [-0.4, -0.2) is 30.8 Å². The number of methoxy groups -OCH3 is 1. The first-order valence-corrected chi connectivity index (χ1v) is 10.9. The van der Waals surface area contributed by atoms with Crippen LogP contribution in [0.3, 0.4) is 0 Å². The van der Waals surface area contributed by atoms with E-state index in [2.05, 4.69) is 10.6 Å². The van der Waals surface area contributed by atoms with Crippen LogP contribution >= 0.6 is 0 Å². The molecule has 168 valence electrons. The molecule has 0 fully saturated rings. The number of nitrogens with zero attached hydrogens (tertiary/aromatic N) is 1. The zero-order valence-corrected chi connectivity index (χ0v) is 18.6. The second-order valence-corrected chi connectivity index (χ2v) is 7.74. The number of halogens is 1. The Balaban J connectivity index is 1.70. The topological polar surface area (TPSA) is 63.2 Å². The Hall–Kier alpha value is -3.77. The highest BCUT2D eigenvalue weighted by molar-refractivity contribution is 5.96. The average Bonchev–Trinajstić information content (AvgIpc) is 2.85. The van der Waals surface area contributed by atoms with Crippen molar-refractivity contribution < 1.29 is 13.9 Å². The lowest BCUT2D eigenvalue weighted by atomic mass is 9.97. The Morgan fingerprint density at radius 3 is 2.48 bits per heavy atom. The lowest BCUT2D eigenvalue weighted by Crippen LogP contribution is -2.35. The van der Waals surface area contributed by atoms with Crippen LogP contribution in [0, 0.1) is 5.82 Å². The molecule has 1 atom stereocenters. The Kier molecular flexibility index (Phi) is 6.95. The van der Waals surface area contributed by atoms with Crippen molar-refractivity contribution in [2.45, 2.75) is 19.4 Å². The van der Waals surface area contributed by atoms with E-state index < -0.39 is 0 Å². The highest BCUT2D eigenvalue weighted by Gasteiger charge is 2.15. The summed E-state index contributed by atoms with van der Waals surface area (Å²) in [5.74, 6) is -0.312. The van der Waals surface area contributed by atoms with Crippen LogP contribution in [0.25, 0.3) is 33.3 Å². The minimum absolute atomic E-state index is 0.0312. The molecule has 33 heavy (non-hydrogen) atoms. The predicted octanol–water partition coefficient (Wildman–Crippen LogP) is 6.25. The summed E-state index contributed by atoms with van der Waals surface area (Å²) in [6, 6.07) is 23.5. The molecule has 0 radical (unpaired) electrons. The highest BCUT2D eigenvalue weighted by Crippen LogP contribution is 2.35. The van der Waals surface area contributed by atoms with Crippen molar-refractivity contribution in [1.29, 1.82) is 0 Å². The summed E-state index contributed by atoms with van der Waals surface area (Å²) in [4.78, 5) is 17.2. The smallest absolute Gasteiger partial charge is 0.319 e. The number of nitrogens with one attached hydrogen (secondary N) is 2. The first-order valence-electron chi connectivity index (χ1n) is 10.9. The molecule has 5 nitrogen and oxygen atoms in total. The van der Waals surface area contributed by atoms with Gasteiger partial charge in [0.25, 0.3) is 0 Å². The van der Waals surface area contributed by atoms with E-state index in [1.807, 2.05) is 61.5 Å². The number of carbonyl (C=O) groups excluding carboxylic acids is 1. The maximum absolute atomic E-state index is 14.7. The number of ether oxygens (including phenoxy) is 1. The van der Waals surface area contributed by atoms with Crippen LogP contribution in [0.2, 0.25) is 0 Å². The van der Waals surface area contributed by atoms with Crippen molar-refractivity contribution in [2.24, 2.45) is 0 Å².